The number of ether oxygens (including phenoxy) is 3. The van der Waals surface area contributed by atoms with Crippen LogP contribution in [0.3, 0.4) is 0 Å². The first-order valence-electron chi connectivity index (χ1n) is 9.06. The summed E-state index contributed by atoms with van der Waals surface area (Å²) >= 11 is 8.32. The zero-order valence-corrected chi connectivity index (χ0v) is 19.7. The molecule has 2 amide bonds. The van der Waals surface area contributed by atoms with Gasteiger partial charge in [0, 0.05) is 16.7 Å². The summed E-state index contributed by atoms with van der Waals surface area (Å²) in [5, 5.41) is 14.2. The third kappa shape index (κ3) is 6.25. The van der Waals surface area contributed by atoms with Crippen LogP contribution in [0, 0.1) is 0 Å². The van der Waals surface area contributed by atoms with Crippen LogP contribution in [-0.2, 0) is 4.79 Å². The first kappa shape index (κ1) is 23.6. The molecule has 0 unspecified atom stereocenters. The van der Waals surface area contributed by atoms with Gasteiger partial charge in [-0.3, -0.25) is 14.9 Å². The maximum Gasteiger partial charge on any atom is 0.257 e. The quantitative estimate of drug-likeness (QED) is 0.336. The van der Waals surface area contributed by atoms with E-state index < -0.39 is 0 Å². The molecule has 0 radical (unpaired) electrons. The summed E-state index contributed by atoms with van der Waals surface area (Å²) in [6, 6.07) is 9.79. The van der Waals surface area contributed by atoms with Crippen molar-refractivity contribution in [2.75, 3.05) is 37.7 Å². The lowest BCUT2D eigenvalue weighted by molar-refractivity contribution is -0.113. The average Bonchev–Trinajstić information content (AvgIpc) is 3.24. The van der Waals surface area contributed by atoms with Crippen molar-refractivity contribution in [2.45, 2.75) is 4.34 Å². The van der Waals surface area contributed by atoms with Crippen LogP contribution in [0.15, 0.2) is 40.7 Å². The Kier molecular flexibility index (Phi) is 8.14. The van der Waals surface area contributed by atoms with E-state index in [0.29, 0.717) is 43.0 Å². The lowest BCUT2D eigenvalue weighted by atomic mass is 10.2. The summed E-state index contributed by atoms with van der Waals surface area (Å²) in [5.74, 6) is 0.921. The van der Waals surface area contributed by atoms with E-state index >= 15 is 0 Å². The number of carbonyl (C=O) groups is 2. The van der Waals surface area contributed by atoms with Crippen molar-refractivity contribution in [3.63, 3.8) is 0 Å². The zero-order valence-electron chi connectivity index (χ0n) is 17.3. The van der Waals surface area contributed by atoms with Gasteiger partial charge in [-0.25, -0.2) is 0 Å². The van der Waals surface area contributed by atoms with Gasteiger partial charge in [0.05, 0.1) is 32.8 Å². The Balaban J connectivity index is 1.58. The van der Waals surface area contributed by atoms with Crippen molar-refractivity contribution in [3.8, 4) is 17.2 Å². The molecule has 0 saturated carbocycles. The number of halogens is 1. The SMILES string of the molecule is COc1cc(OC)cc(C(=O)Nc2nnc(SCC(=O)Nc3cc(Cl)ccc3OC)s2)c1. The van der Waals surface area contributed by atoms with Gasteiger partial charge in [0.2, 0.25) is 11.0 Å². The smallest absolute Gasteiger partial charge is 0.257 e. The highest BCUT2D eigenvalue weighted by atomic mass is 35.5. The molecule has 2 N–H and O–H groups in total. The Morgan fingerprint density at radius 2 is 1.72 bits per heavy atom. The predicted octanol–water partition coefficient (Wildman–Crippen LogP) is 4.20. The Hall–Kier alpha value is -3.02. The van der Waals surface area contributed by atoms with E-state index in [4.69, 9.17) is 25.8 Å². The molecule has 1 aromatic heterocycles. The van der Waals surface area contributed by atoms with Gasteiger partial charge in [-0.1, -0.05) is 34.7 Å². The second-order valence-electron chi connectivity index (χ2n) is 6.11. The lowest BCUT2D eigenvalue weighted by Gasteiger charge is -2.10. The van der Waals surface area contributed by atoms with Crippen LogP contribution in [0.4, 0.5) is 10.8 Å². The highest BCUT2D eigenvalue weighted by Crippen LogP contribution is 2.30. The standard InChI is InChI=1S/C20H19ClN4O5S2/c1-28-13-6-11(7-14(9-13)29-2)18(27)23-19-24-25-20(32-19)31-10-17(26)22-15-8-12(21)4-5-16(15)30-3/h4-9H,10H2,1-3H3,(H,22,26)(H,23,24,27). The van der Waals surface area contributed by atoms with Crippen LogP contribution >= 0.6 is 34.7 Å². The number of amides is 2. The first-order chi connectivity index (χ1) is 15.4. The number of methoxy groups -OCH3 is 3. The van der Waals surface area contributed by atoms with Crippen molar-refractivity contribution in [1.82, 2.24) is 10.2 Å². The molecule has 0 bridgehead atoms. The molecule has 3 aromatic rings. The van der Waals surface area contributed by atoms with E-state index in [-0.39, 0.29) is 17.6 Å². The highest BCUT2D eigenvalue weighted by molar-refractivity contribution is 8.01. The van der Waals surface area contributed by atoms with E-state index in [1.165, 1.54) is 33.1 Å². The molecular formula is C20H19ClN4O5S2. The fourth-order valence-corrected chi connectivity index (χ4v) is 4.24. The van der Waals surface area contributed by atoms with E-state index in [1.54, 1.807) is 36.4 Å². The highest BCUT2D eigenvalue weighted by Gasteiger charge is 2.15. The van der Waals surface area contributed by atoms with Crippen LogP contribution in [-0.4, -0.2) is 49.1 Å². The Bertz CT molecular complexity index is 1100. The number of rotatable bonds is 9. The van der Waals surface area contributed by atoms with Gasteiger partial charge in [0.15, 0.2) is 4.34 Å². The Labute approximate surface area is 197 Å². The lowest BCUT2D eigenvalue weighted by Crippen LogP contribution is -2.14. The normalized spacial score (nSPS) is 10.4. The molecule has 12 heteroatoms. The summed E-state index contributed by atoms with van der Waals surface area (Å²) in [5.41, 5.74) is 0.824. The molecule has 0 saturated heterocycles. The zero-order chi connectivity index (χ0) is 23.1. The number of aromatic nitrogens is 2. The minimum atomic E-state index is -0.388. The number of benzene rings is 2. The minimum absolute atomic E-state index is 0.0886. The maximum atomic E-state index is 12.5. The largest absolute Gasteiger partial charge is 0.497 e. The number of hydrogen-bond acceptors (Lipinski definition) is 9. The van der Waals surface area contributed by atoms with Gasteiger partial charge in [0.25, 0.3) is 5.91 Å². The molecule has 3 rings (SSSR count). The van der Waals surface area contributed by atoms with E-state index in [9.17, 15) is 9.59 Å². The number of nitrogens with zero attached hydrogens (tertiary/aromatic N) is 2. The maximum absolute atomic E-state index is 12.5. The van der Waals surface area contributed by atoms with Crippen LogP contribution in [0.1, 0.15) is 10.4 Å². The molecule has 2 aromatic carbocycles. The van der Waals surface area contributed by atoms with E-state index in [2.05, 4.69) is 20.8 Å². The first-order valence-corrected chi connectivity index (χ1v) is 11.2. The third-order valence-corrected chi connectivity index (χ3v) is 6.21. The molecule has 0 fully saturated rings. The van der Waals surface area contributed by atoms with Gasteiger partial charge < -0.3 is 19.5 Å². The Morgan fingerprint density at radius 3 is 2.38 bits per heavy atom. The second kappa shape index (κ2) is 11.0. The van der Waals surface area contributed by atoms with Crippen LogP contribution in [0.5, 0.6) is 17.2 Å². The molecule has 9 nitrogen and oxygen atoms in total. The Morgan fingerprint density at radius 1 is 1.00 bits per heavy atom. The van der Waals surface area contributed by atoms with Crippen LogP contribution < -0.4 is 24.8 Å². The van der Waals surface area contributed by atoms with Crippen molar-refractivity contribution >= 4 is 57.3 Å². The molecule has 0 aliphatic heterocycles. The van der Waals surface area contributed by atoms with E-state index in [1.807, 2.05) is 0 Å². The van der Waals surface area contributed by atoms with E-state index in [0.717, 1.165) is 11.3 Å². The molecular weight excluding hydrogens is 476 g/mol. The van der Waals surface area contributed by atoms with Crippen molar-refractivity contribution in [3.05, 3.63) is 47.0 Å². The van der Waals surface area contributed by atoms with Crippen LogP contribution in [0.25, 0.3) is 0 Å². The number of carbonyl (C=O) groups excluding carboxylic acids is 2. The molecule has 0 aliphatic carbocycles. The molecule has 32 heavy (non-hydrogen) atoms. The molecule has 168 valence electrons. The number of anilines is 2. The summed E-state index contributed by atoms with van der Waals surface area (Å²) in [4.78, 5) is 24.8. The molecule has 0 atom stereocenters. The van der Waals surface area contributed by atoms with Gasteiger partial charge >= 0.3 is 0 Å². The number of nitrogens with one attached hydrogen (secondary N) is 2. The molecule has 0 spiro atoms. The molecule has 0 aliphatic rings. The second-order valence-corrected chi connectivity index (χ2v) is 8.75. The summed E-state index contributed by atoms with van der Waals surface area (Å²) in [7, 11) is 4.51. The molecule has 1 heterocycles. The monoisotopic (exact) mass is 494 g/mol. The van der Waals surface area contributed by atoms with Crippen molar-refractivity contribution in [2.24, 2.45) is 0 Å². The number of thioether (sulfide) groups is 1. The summed E-state index contributed by atoms with van der Waals surface area (Å²) in [6.45, 7) is 0. The van der Waals surface area contributed by atoms with Crippen LogP contribution in [0.2, 0.25) is 5.02 Å². The fourth-order valence-electron chi connectivity index (χ4n) is 2.52. The van der Waals surface area contributed by atoms with Crippen molar-refractivity contribution < 1.29 is 23.8 Å². The summed E-state index contributed by atoms with van der Waals surface area (Å²) in [6.07, 6.45) is 0. The predicted molar refractivity (Wildman–Crippen MR) is 125 cm³/mol. The average molecular weight is 495 g/mol. The number of hydrogen-bond donors (Lipinski definition) is 2. The van der Waals surface area contributed by atoms with Gasteiger partial charge in [-0.05, 0) is 30.3 Å². The van der Waals surface area contributed by atoms with Gasteiger partial charge in [-0.2, -0.15) is 0 Å². The van der Waals surface area contributed by atoms with Gasteiger partial charge in [-0.15, -0.1) is 10.2 Å². The van der Waals surface area contributed by atoms with Gasteiger partial charge in [0.1, 0.15) is 17.2 Å². The minimum Gasteiger partial charge on any atom is -0.497 e. The topological polar surface area (TPSA) is 112 Å². The van der Waals surface area contributed by atoms with Crippen molar-refractivity contribution in [1.29, 1.82) is 0 Å². The summed E-state index contributed by atoms with van der Waals surface area (Å²) < 4.78 is 16.1. The fraction of sp³-hybridized carbons (Fsp3) is 0.200. The third-order valence-electron chi connectivity index (χ3n) is 4.00.